The first-order chi connectivity index (χ1) is 8.27. The van der Waals surface area contributed by atoms with Gasteiger partial charge in [0.2, 0.25) is 5.95 Å². The van der Waals surface area contributed by atoms with Gasteiger partial charge >= 0.3 is 0 Å². The normalized spacial score (nSPS) is 10.5. The number of rotatable bonds is 4. The van der Waals surface area contributed by atoms with Crippen LogP contribution in [-0.4, -0.2) is 21.0 Å². The Morgan fingerprint density at radius 1 is 1.06 bits per heavy atom. The fraction of sp³-hybridized carbons (Fsp3) is 0.308. The smallest absolute Gasteiger partial charge is 0.225 e. The van der Waals surface area contributed by atoms with E-state index in [1.807, 2.05) is 18.2 Å². The average Bonchev–Trinajstić information content (AvgIpc) is 2.38. The van der Waals surface area contributed by atoms with Crippen LogP contribution < -0.4 is 4.90 Å². The van der Waals surface area contributed by atoms with Gasteiger partial charge in [-0.15, -0.1) is 0 Å². The Bertz CT molecular complexity index is 441. The van der Waals surface area contributed by atoms with Crippen LogP contribution >= 0.6 is 0 Å². The summed E-state index contributed by atoms with van der Waals surface area (Å²) in [7, 11) is 0. The predicted molar refractivity (Wildman–Crippen MR) is 67.6 cm³/mol. The second kappa shape index (κ2) is 5.39. The molecule has 2 aromatic heterocycles. The van der Waals surface area contributed by atoms with Crippen molar-refractivity contribution in [1.82, 2.24) is 15.0 Å². The third kappa shape index (κ3) is 3.00. The first-order valence-corrected chi connectivity index (χ1v) is 5.70. The van der Waals surface area contributed by atoms with E-state index in [0.717, 1.165) is 12.5 Å². The first-order valence-electron chi connectivity index (χ1n) is 5.70. The van der Waals surface area contributed by atoms with Gasteiger partial charge in [-0.2, -0.15) is 0 Å². The summed E-state index contributed by atoms with van der Waals surface area (Å²) in [4.78, 5) is 14.8. The zero-order chi connectivity index (χ0) is 12.1. The minimum Gasteiger partial charge on any atom is -0.334 e. The van der Waals surface area contributed by atoms with Crippen LogP contribution in [-0.2, 0) is 6.54 Å². The number of pyridine rings is 1. The van der Waals surface area contributed by atoms with Gasteiger partial charge in [-0.05, 0) is 37.6 Å². The molecule has 0 spiro atoms. The van der Waals surface area contributed by atoms with Crippen LogP contribution in [0.2, 0.25) is 0 Å². The maximum atomic E-state index is 4.30. The van der Waals surface area contributed by atoms with E-state index in [4.69, 9.17) is 0 Å². The van der Waals surface area contributed by atoms with Crippen molar-refractivity contribution in [2.24, 2.45) is 0 Å². The van der Waals surface area contributed by atoms with Gasteiger partial charge in [0.1, 0.15) is 0 Å². The fourth-order valence-electron chi connectivity index (χ4n) is 1.61. The first kappa shape index (κ1) is 11.5. The number of nitrogens with zero attached hydrogens (tertiary/aromatic N) is 4. The highest BCUT2D eigenvalue weighted by molar-refractivity contribution is 5.32. The minimum absolute atomic E-state index is 0.352. The molecule has 2 heterocycles. The quantitative estimate of drug-likeness (QED) is 0.805. The number of hydrogen-bond acceptors (Lipinski definition) is 4. The Morgan fingerprint density at radius 2 is 1.71 bits per heavy atom. The van der Waals surface area contributed by atoms with Gasteiger partial charge in [0.25, 0.3) is 0 Å². The molecule has 0 atom stereocenters. The number of anilines is 1. The summed E-state index contributed by atoms with van der Waals surface area (Å²) in [5.74, 6) is 0.763. The van der Waals surface area contributed by atoms with Crippen LogP contribution in [0.1, 0.15) is 19.4 Å². The molecule has 0 saturated carbocycles. The van der Waals surface area contributed by atoms with Gasteiger partial charge in [-0.1, -0.05) is 0 Å². The molecule has 0 N–H and O–H groups in total. The van der Waals surface area contributed by atoms with E-state index in [1.165, 1.54) is 5.56 Å². The summed E-state index contributed by atoms with van der Waals surface area (Å²) in [6.07, 6.45) is 7.15. The average molecular weight is 228 g/mol. The molecule has 88 valence electrons. The Kier molecular flexibility index (Phi) is 3.65. The molecule has 0 bridgehead atoms. The molecule has 0 aliphatic heterocycles. The number of aromatic nitrogens is 3. The second-order valence-electron chi connectivity index (χ2n) is 4.13. The largest absolute Gasteiger partial charge is 0.334 e. The van der Waals surface area contributed by atoms with E-state index >= 15 is 0 Å². The summed E-state index contributed by atoms with van der Waals surface area (Å²) < 4.78 is 0. The van der Waals surface area contributed by atoms with E-state index < -0.39 is 0 Å². The molecule has 0 aromatic carbocycles. The van der Waals surface area contributed by atoms with Crippen LogP contribution in [0.15, 0.2) is 43.0 Å². The van der Waals surface area contributed by atoms with Crippen molar-refractivity contribution in [1.29, 1.82) is 0 Å². The van der Waals surface area contributed by atoms with Gasteiger partial charge in [0, 0.05) is 37.4 Å². The fourth-order valence-corrected chi connectivity index (χ4v) is 1.61. The highest BCUT2D eigenvalue weighted by Gasteiger charge is 2.13. The van der Waals surface area contributed by atoms with Crippen molar-refractivity contribution < 1.29 is 0 Å². The lowest BCUT2D eigenvalue weighted by Crippen LogP contribution is -2.31. The van der Waals surface area contributed by atoms with Gasteiger partial charge in [-0.25, -0.2) is 9.97 Å². The van der Waals surface area contributed by atoms with Gasteiger partial charge < -0.3 is 4.90 Å². The Balaban J connectivity index is 2.20. The van der Waals surface area contributed by atoms with Crippen molar-refractivity contribution in [2.75, 3.05) is 4.90 Å². The van der Waals surface area contributed by atoms with Gasteiger partial charge in [0.15, 0.2) is 0 Å². The molecule has 17 heavy (non-hydrogen) atoms. The lowest BCUT2D eigenvalue weighted by atomic mass is 10.2. The third-order valence-corrected chi connectivity index (χ3v) is 2.53. The highest BCUT2D eigenvalue weighted by atomic mass is 15.3. The third-order valence-electron chi connectivity index (χ3n) is 2.53. The minimum atomic E-state index is 0.352. The molecule has 0 amide bonds. The molecular weight excluding hydrogens is 212 g/mol. The zero-order valence-corrected chi connectivity index (χ0v) is 10.1. The summed E-state index contributed by atoms with van der Waals surface area (Å²) in [6.45, 7) is 5.07. The van der Waals surface area contributed by atoms with Crippen LogP contribution in [0.4, 0.5) is 5.95 Å². The summed E-state index contributed by atoms with van der Waals surface area (Å²) in [6, 6.07) is 6.20. The Labute approximate surface area is 101 Å². The standard InChI is InChI=1S/C13H16N4/c1-11(2)17(13-15-6-3-7-16-13)10-12-4-8-14-9-5-12/h3-9,11H,10H2,1-2H3. The summed E-state index contributed by atoms with van der Waals surface area (Å²) >= 11 is 0. The van der Waals surface area contributed by atoms with Gasteiger partial charge in [0.05, 0.1) is 0 Å². The van der Waals surface area contributed by atoms with E-state index in [-0.39, 0.29) is 0 Å². The molecule has 2 rings (SSSR count). The van der Waals surface area contributed by atoms with Crippen molar-refractivity contribution in [3.8, 4) is 0 Å². The maximum Gasteiger partial charge on any atom is 0.225 e. The summed E-state index contributed by atoms with van der Waals surface area (Å²) in [5.41, 5.74) is 1.21. The molecular formula is C13H16N4. The van der Waals surface area contributed by atoms with E-state index in [9.17, 15) is 0 Å². The molecule has 0 radical (unpaired) electrons. The lowest BCUT2D eigenvalue weighted by Gasteiger charge is -2.26. The molecule has 0 aliphatic carbocycles. The zero-order valence-electron chi connectivity index (χ0n) is 10.1. The Morgan fingerprint density at radius 3 is 2.29 bits per heavy atom. The van der Waals surface area contributed by atoms with Crippen molar-refractivity contribution in [3.63, 3.8) is 0 Å². The van der Waals surface area contributed by atoms with E-state index in [1.54, 1.807) is 24.8 Å². The molecule has 0 unspecified atom stereocenters. The molecule has 0 fully saturated rings. The molecule has 2 aromatic rings. The van der Waals surface area contributed by atoms with Crippen molar-refractivity contribution >= 4 is 5.95 Å². The maximum absolute atomic E-state index is 4.30. The SMILES string of the molecule is CC(C)N(Cc1ccncc1)c1ncccn1. The molecule has 4 heteroatoms. The highest BCUT2D eigenvalue weighted by Crippen LogP contribution is 2.14. The Hall–Kier alpha value is -1.97. The molecule has 0 aliphatic rings. The van der Waals surface area contributed by atoms with Gasteiger partial charge in [-0.3, -0.25) is 4.98 Å². The van der Waals surface area contributed by atoms with E-state index in [0.29, 0.717) is 6.04 Å². The van der Waals surface area contributed by atoms with Crippen LogP contribution in [0.3, 0.4) is 0 Å². The van der Waals surface area contributed by atoms with E-state index in [2.05, 4.69) is 33.7 Å². The van der Waals surface area contributed by atoms with Crippen LogP contribution in [0.5, 0.6) is 0 Å². The molecule has 0 saturated heterocycles. The van der Waals surface area contributed by atoms with Crippen LogP contribution in [0.25, 0.3) is 0 Å². The summed E-state index contributed by atoms with van der Waals surface area (Å²) in [5, 5.41) is 0. The second-order valence-corrected chi connectivity index (χ2v) is 4.13. The number of hydrogen-bond donors (Lipinski definition) is 0. The molecule has 4 nitrogen and oxygen atoms in total. The monoisotopic (exact) mass is 228 g/mol. The lowest BCUT2D eigenvalue weighted by molar-refractivity contribution is 0.660. The topological polar surface area (TPSA) is 41.9 Å². The predicted octanol–water partition coefficient (Wildman–Crippen LogP) is 2.29. The van der Waals surface area contributed by atoms with Crippen molar-refractivity contribution in [2.45, 2.75) is 26.4 Å². The van der Waals surface area contributed by atoms with Crippen LogP contribution in [0, 0.1) is 0 Å². The van der Waals surface area contributed by atoms with Crippen molar-refractivity contribution in [3.05, 3.63) is 48.5 Å².